The summed E-state index contributed by atoms with van der Waals surface area (Å²) in [5.41, 5.74) is 4.38. The van der Waals surface area contributed by atoms with Crippen molar-refractivity contribution in [3.05, 3.63) is 132 Å². The van der Waals surface area contributed by atoms with Gasteiger partial charge in [-0.15, -0.1) is 0 Å². The molecule has 1 aromatic heterocycles. The predicted octanol–water partition coefficient (Wildman–Crippen LogP) is 6.24. The number of carbonyl (C=O) groups is 1. The minimum atomic E-state index is -1.75. The second-order valence-electron chi connectivity index (χ2n) is 13.5. The maximum atomic E-state index is 15.6. The average Bonchev–Trinajstić information content (AvgIpc) is 3.54. The van der Waals surface area contributed by atoms with Crippen LogP contribution in [0, 0.1) is 17.5 Å². The Morgan fingerprint density at radius 3 is 2.29 bits per heavy atom. The second-order valence-corrected chi connectivity index (χ2v) is 13.5. The summed E-state index contributed by atoms with van der Waals surface area (Å²) in [6.45, 7) is 4.29. The number of aliphatic hydroxyl groups excluding tert-OH is 3. The topological polar surface area (TPSA) is 129 Å². The fourth-order valence-electron chi connectivity index (χ4n) is 7.12. The van der Waals surface area contributed by atoms with Gasteiger partial charge in [-0.1, -0.05) is 67.3 Å². The van der Waals surface area contributed by atoms with Crippen LogP contribution in [-0.4, -0.2) is 76.4 Å². The van der Waals surface area contributed by atoms with Gasteiger partial charge in [-0.05, 0) is 47.7 Å². The molecule has 13 heteroatoms. The lowest BCUT2D eigenvalue weighted by Crippen LogP contribution is -2.60. The lowest BCUT2D eigenvalue weighted by Gasteiger charge is -2.39. The smallest absolute Gasteiger partial charge is 0.338 e. The molecule has 0 spiro atoms. The molecular weight excluding hydrogens is 719 g/mol. The van der Waals surface area contributed by atoms with E-state index in [1.54, 1.807) is 16.7 Å². The Balaban J connectivity index is 1.28. The van der Waals surface area contributed by atoms with Crippen molar-refractivity contribution in [2.24, 2.45) is 0 Å². The first-order valence-corrected chi connectivity index (χ1v) is 17.9. The van der Waals surface area contributed by atoms with Gasteiger partial charge >= 0.3 is 5.97 Å². The summed E-state index contributed by atoms with van der Waals surface area (Å²) in [4.78, 5) is 12.4. The highest BCUT2D eigenvalue weighted by Crippen LogP contribution is 2.47. The van der Waals surface area contributed by atoms with E-state index in [0.717, 1.165) is 23.4 Å². The van der Waals surface area contributed by atoms with Crippen molar-refractivity contribution in [3.8, 4) is 22.6 Å². The van der Waals surface area contributed by atoms with Gasteiger partial charge in [0, 0.05) is 48.2 Å². The number of hydrogen-bond acceptors (Lipinski definition) is 9. The molecule has 0 aliphatic carbocycles. The summed E-state index contributed by atoms with van der Waals surface area (Å²) in [5, 5.41) is 31.9. The van der Waals surface area contributed by atoms with Crippen LogP contribution in [0.5, 0.6) is 5.75 Å². The molecule has 55 heavy (non-hydrogen) atoms. The molecule has 0 bridgehead atoms. The summed E-state index contributed by atoms with van der Waals surface area (Å²) < 4.78 is 74.8. The molecule has 3 N–H and O–H groups in total. The molecule has 0 amide bonds. The highest BCUT2D eigenvalue weighted by atomic mass is 19.2. The van der Waals surface area contributed by atoms with Crippen LogP contribution in [0.15, 0.2) is 97.6 Å². The first kappa shape index (κ1) is 38.3. The van der Waals surface area contributed by atoms with Crippen LogP contribution in [0.3, 0.4) is 0 Å². The number of hydrogen-bond donors (Lipinski definition) is 3. The molecule has 0 radical (unpaired) electrons. The molecule has 5 aromatic rings. The van der Waals surface area contributed by atoms with Crippen molar-refractivity contribution < 1.29 is 57.0 Å². The maximum Gasteiger partial charge on any atom is 0.338 e. The first-order chi connectivity index (χ1) is 26.6. The molecule has 3 heterocycles. The zero-order chi connectivity index (χ0) is 38.6. The standard InChI is InChI=1S/C42H40F3NO9/c1-2-16-52-41(50)40-38(48)37(47)39(49)42(55-40)54-23-25-8-10-26(11-9-25)34-35-32(19-28(43)20-33(35)53-22-24-6-4-3-5-7-24)46(29-12-13-30(44)31(45)21-29)36(34)27-14-17-51-18-15-27/h2-13,19-21,27,37-40,42,47-49H,1,14-18,22-23H2/t37-,38-,39+,40-,42?/m0/s1. The van der Waals surface area contributed by atoms with Gasteiger partial charge in [0.1, 0.15) is 43.1 Å². The molecular formula is C42H40F3NO9. The van der Waals surface area contributed by atoms with E-state index in [-0.39, 0.29) is 31.5 Å². The van der Waals surface area contributed by atoms with Crippen LogP contribution >= 0.6 is 0 Å². The number of esters is 1. The average molecular weight is 760 g/mol. The molecule has 0 saturated carbocycles. The molecule has 4 aromatic carbocycles. The Morgan fingerprint density at radius 2 is 1.58 bits per heavy atom. The number of rotatable bonds is 12. The minimum absolute atomic E-state index is 0.116. The Kier molecular flexibility index (Phi) is 11.7. The predicted molar refractivity (Wildman–Crippen MR) is 195 cm³/mol. The molecule has 2 aliphatic heterocycles. The van der Waals surface area contributed by atoms with Gasteiger partial charge in [0.15, 0.2) is 24.0 Å². The highest BCUT2D eigenvalue weighted by Gasteiger charge is 2.48. The van der Waals surface area contributed by atoms with E-state index in [2.05, 4.69) is 6.58 Å². The van der Waals surface area contributed by atoms with Crippen molar-refractivity contribution >= 4 is 16.9 Å². The van der Waals surface area contributed by atoms with Crippen LogP contribution in [0.2, 0.25) is 0 Å². The number of carbonyl (C=O) groups excluding carboxylic acids is 1. The van der Waals surface area contributed by atoms with E-state index in [1.807, 2.05) is 42.5 Å². The van der Waals surface area contributed by atoms with Gasteiger partial charge in [-0.25, -0.2) is 18.0 Å². The Bertz CT molecular complexity index is 2140. The van der Waals surface area contributed by atoms with E-state index in [1.165, 1.54) is 24.3 Å². The Morgan fingerprint density at radius 1 is 0.855 bits per heavy atom. The molecule has 7 rings (SSSR count). The summed E-state index contributed by atoms with van der Waals surface area (Å²) in [7, 11) is 0. The van der Waals surface area contributed by atoms with E-state index < -0.39 is 54.1 Å². The zero-order valence-electron chi connectivity index (χ0n) is 29.7. The van der Waals surface area contributed by atoms with Gasteiger partial charge in [-0.3, -0.25) is 0 Å². The molecule has 5 atom stereocenters. The fraction of sp³-hybridized carbons (Fsp3) is 0.310. The summed E-state index contributed by atoms with van der Waals surface area (Å²) in [6.07, 6.45) is -5.68. The number of halogens is 3. The van der Waals surface area contributed by atoms with E-state index in [9.17, 15) is 28.9 Å². The van der Waals surface area contributed by atoms with Gasteiger partial charge < -0.3 is 43.6 Å². The van der Waals surface area contributed by atoms with E-state index in [0.29, 0.717) is 59.3 Å². The lowest BCUT2D eigenvalue weighted by atomic mass is 9.89. The van der Waals surface area contributed by atoms with Gasteiger partial charge in [0.2, 0.25) is 0 Å². The number of nitrogens with zero attached hydrogens (tertiary/aromatic N) is 1. The van der Waals surface area contributed by atoms with E-state index >= 15 is 4.39 Å². The third-order valence-corrected chi connectivity index (χ3v) is 9.84. The quantitative estimate of drug-likeness (QED) is 0.100. The summed E-state index contributed by atoms with van der Waals surface area (Å²) >= 11 is 0. The lowest BCUT2D eigenvalue weighted by molar-refractivity contribution is -0.297. The molecule has 2 saturated heterocycles. The number of aliphatic hydroxyl groups is 3. The Labute approximate surface area is 314 Å². The monoisotopic (exact) mass is 759 g/mol. The second kappa shape index (κ2) is 16.8. The zero-order valence-corrected chi connectivity index (χ0v) is 29.7. The minimum Gasteiger partial charge on any atom is -0.488 e. The summed E-state index contributed by atoms with van der Waals surface area (Å²) in [5.74, 6) is -3.43. The summed E-state index contributed by atoms with van der Waals surface area (Å²) in [6, 6.07) is 22.9. The fourth-order valence-corrected chi connectivity index (χ4v) is 7.12. The third kappa shape index (κ3) is 8.04. The van der Waals surface area contributed by atoms with Crippen LogP contribution < -0.4 is 4.74 Å². The van der Waals surface area contributed by atoms with E-state index in [4.69, 9.17) is 23.7 Å². The number of aromatic nitrogens is 1. The molecule has 2 fully saturated rings. The third-order valence-electron chi connectivity index (χ3n) is 9.84. The molecule has 10 nitrogen and oxygen atoms in total. The Hall–Kier alpha value is -5.02. The van der Waals surface area contributed by atoms with Crippen molar-refractivity contribution in [2.45, 2.75) is 62.7 Å². The van der Waals surface area contributed by atoms with Crippen LogP contribution in [0.4, 0.5) is 13.2 Å². The highest BCUT2D eigenvalue weighted by molar-refractivity contribution is 6.03. The van der Waals surface area contributed by atoms with Crippen molar-refractivity contribution in [1.82, 2.24) is 4.57 Å². The van der Waals surface area contributed by atoms with Crippen molar-refractivity contribution in [2.75, 3.05) is 19.8 Å². The molecule has 288 valence electrons. The normalized spacial score (nSPS) is 21.7. The first-order valence-electron chi connectivity index (χ1n) is 17.9. The van der Waals surface area contributed by atoms with Crippen LogP contribution in [0.1, 0.15) is 35.6 Å². The van der Waals surface area contributed by atoms with Gasteiger partial charge in [0.25, 0.3) is 0 Å². The van der Waals surface area contributed by atoms with Crippen molar-refractivity contribution in [1.29, 1.82) is 0 Å². The number of fused-ring (bicyclic) bond motifs is 1. The van der Waals surface area contributed by atoms with Gasteiger partial charge in [0.05, 0.1) is 17.5 Å². The molecule has 1 unspecified atom stereocenters. The van der Waals surface area contributed by atoms with Gasteiger partial charge in [-0.2, -0.15) is 0 Å². The largest absolute Gasteiger partial charge is 0.488 e. The van der Waals surface area contributed by atoms with Crippen molar-refractivity contribution in [3.63, 3.8) is 0 Å². The van der Waals surface area contributed by atoms with Crippen LogP contribution in [-0.2, 0) is 37.0 Å². The number of benzene rings is 4. The molecule has 2 aliphatic rings. The SMILES string of the molecule is C=CCOC(=O)[C@H]1OC(OCc2ccc(-c3c(C4CCOCC4)n(-c4ccc(F)c(F)c4)c4cc(F)cc(OCc5ccccc5)c34)cc2)[C@H](O)[C@@H](O)[C@@H]1O. The van der Waals surface area contributed by atoms with Crippen LogP contribution in [0.25, 0.3) is 27.7 Å². The maximum absolute atomic E-state index is 15.6. The number of ether oxygens (including phenoxy) is 5.